The van der Waals surface area contributed by atoms with Gasteiger partial charge in [0, 0.05) is 43.8 Å². The minimum Gasteiger partial charge on any atom is -0.467 e. The number of thiazole rings is 1. The molecule has 0 radical (unpaired) electrons. The molecule has 33 heavy (non-hydrogen) atoms. The Balaban J connectivity index is 1.22. The second-order valence-electron chi connectivity index (χ2n) is 8.14. The number of carbonyl (C=O) groups excluding carboxylic acids is 1. The maximum Gasteiger partial charge on any atom is 0.273 e. The van der Waals surface area contributed by atoms with Crippen molar-refractivity contribution in [2.75, 3.05) is 32.7 Å². The Hall–Kier alpha value is -1.43. The molecule has 4 rings (SSSR count). The van der Waals surface area contributed by atoms with Crippen LogP contribution in [0.4, 0.5) is 0 Å². The SMILES string of the molecule is O=C(CNS(=O)(=O)c1c(Cl)cccc1Cl)N1CCC(N2CCC(Oc3nccs3)CC2)CC1. The number of hydrogen-bond donors (Lipinski definition) is 1. The fourth-order valence-electron chi connectivity index (χ4n) is 4.33. The summed E-state index contributed by atoms with van der Waals surface area (Å²) in [5, 5.41) is 2.68. The van der Waals surface area contributed by atoms with Crippen LogP contribution in [0.15, 0.2) is 34.7 Å². The van der Waals surface area contributed by atoms with E-state index in [1.54, 1.807) is 17.2 Å². The molecule has 0 bridgehead atoms. The Morgan fingerprint density at radius 2 is 1.79 bits per heavy atom. The van der Waals surface area contributed by atoms with E-state index in [2.05, 4.69) is 14.6 Å². The van der Waals surface area contributed by atoms with Crippen LogP contribution in [0.25, 0.3) is 0 Å². The van der Waals surface area contributed by atoms with Crippen LogP contribution in [0, 0.1) is 0 Å². The fourth-order valence-corrected chi connectivity index (χ4v) is 7.00. The predicted molar refractivity (Wildman–Crippen MR) is 129 cm³/mol. The normalized spacial score (nSPS) is 19.0. The van der Waals surface area contributed by atoms with Crippen molar-refractivity contribution in [3.05, 3.63) is 39.8 Å². The molecule has 0 atom stereocenters. The lowest BCUT2D eigenvalue weighted by atomic mass is 9.99. The van der Waals surface area contributed by atoms with Crippen LogP contribution < -0.4 is 9.46 Å². The number of rotatable bonds is 7. The Morgan fingerprint density at radius 3 is 2.39 bits per heavy atom. The lowest BCUT2D eigenvalue weighted by Crippen LogP contribution is -2.51. The summed E-state index contributed by atoms with van der Waals surface area (Å²) >= 11 is 13.5. The number of carbonyl (C=O) groups is 1. The topological polar surface area (TPSA) is 91.8 Å². The fraction of sp³-hybridized carbons (Fsp3) is 0.524. The van der Waals surface area contributed by atoms with Crippen LogP contribution in [0.2, 0.25) is 10.0 Å². The van der Waals surface area contributed by atoms with E-state index in [0.29, 0.717) is 19.1 Å². The number of halogens is 2. The van der Waals surface area contributed by atoms with Gasteiger partial charge in [-0.3, -0.25) is 9.69 Å². The van der Waals surface area contributed by atoms with Gasteiger partial charge in [0.1, 0.15) is 11.0 Å². The molecule has 2 fully saturated rings. The van der Waals surface area contributed by atoms with Crippen molar-refractivity contribution in [2.24, 2.45) is 0 Å². The third kappa shape index (κ3) is 6.17. The number of likely N-dealkylation sites (tertiary alicyclic amines) is 2. The van der Waals surface area contributed by atoms with Crippen LogP contribution in [0.1, 0.15) is 25.7 Å². The van der Waals surface area contributed by atoms with Gasteiger partial charge >= 0.3 is 0 Å². The van der Waals surface area contributed by atoms with Gasteiger partial charge in [0.25, 0.3) is 5.19 Å². The number of benzene rings is 1. The molecule has 1 aromatic heterocycles. The van der Waals surface area contributed by atoms with Gasteiger partial charge < -0.3 is 9.64 Å². The van der Waals surface area contributed by atoms with E-state index in [9.17, 15) is 13.2 Å². The Morgan fingerprint density at radius 1 is 1.12 bits per heavy atom. The minimum atomic E-state index is -3.99. The minimum absolute atomic E-state index is 0.0177. The first kappa shape index (κ1) is 24.7. The van der Waals surface area contributed by atoms with Gasteiger partial charge in [0.05, 0.1) is 16.6 Å². The second kappa shape index (κ2) is 10.9. The molecule has 180 valence electrons. The van der Waals surface area contributed by atoms with Gasteiger partial charge in [-0.1, -0.05) is 40.6 Å². The summed E-state index contributed by atoms with van der Waals surface area (Å²) in [7, 11) is -3.99. The number of nitrogens with zero attached hydrogens (tertiary/aromatic N) is 3. The highest BCUT2D eigenvalue weighted by atomic mass is 35.5. The van der Waals surface area contributed by atoms with Crippen LogP contribution in [-0.4, -0.2) is 74.0 Å². The summed E-state index contributed by atoms with van der Waals surface area (Å²) in [6, 6.07) is 4.88. The van der Waals surface area contributed by atoms with Crippen molar-refractivity contribution in [3.8, 4) is 5.19 Å². The number of piperidine rings is 2. The van der Waals surface area contributed by atoms with E-state index in [-0.39, 0.29) is 33.5 Å². The number of nitrogens with one attached hydrogen (secondary N) is 1. The lowest BCUT2D eigenvalue weighted by Gasteiger charge is -2.41. The van der Waals surface area contributed by atoms with Crippen LogP contribution in [0.3, 0.4) is 0 Å². The monoisotopic (exact) mass is 532 g/mol. The number of ether oxygens (including phenoxy) is 1. The molecule has 8 nitrogen and oxygen atoms in total. The van der Waals surface area contributed by atoms with E-state index in [1.165, 1.54) is 23.5 Å². The largest absolute Gasteiger partial charge is 0.467 e. The summed E-state index contributed by atoms with van der Waals surface area (Å²) in [6.07, 6.45) is 5.62. The summed E-state index contributed by atoms with van der Waals surface area (Å²) < 4.78 is 33.4. The van der Waals surface area contributed by atoms with Gasteiger partial charge in [0.2, 0.25) is 15.9 Å². The van der Waals surface area contributed by atoms with Gasteiger partial charge in [-0.15, -0.1) is 0 Å². The third-order valence-electron chi connectivity index (χ3n) is 6.09. The van der Waals surface area contributed by atoms with Crippen LogP contribution in [-0.2, 0) is 14.8 Å². The lowest BCUT2D eigenvalue weighted by molar-refractivity contribution is -0.131. The molecule has 2 saturated heterocycles. The molecule has 2 aliphatic heterocycles. The van der Waals surface area contributed by atoms with E-state index in [1.807, 2.05) is 5.38 Å². The predicted octanol–water partition coefficient (Wildman–Crippen LogP) is 3.26. The highest BCUT2D eigenvalue weighted by Gasteiger charge is 2.31. The molecule has 2 aliphatic rings. The number of sulfonamides is 1. The van der Waals surface area contributed by atoms with Gasteiger partial charge in [-0.05, 0) is 37.8 Å². The number of amides is 1. The molecule has 1 aromatic carbocycles. The Kier molecular flexibility index (Phi) is 8.14. The molecule has 0 aliphatic carbocycles. The number of aromatic nitrogens is 1. The summed E-state index contributed by atoms with van der Waals surface area (Å²) in [6.45, 7) is 2.81. The zero-order chi connectivity index (χ0) is 23.4. The average Bonchev–Trinajstić information content (AvgIpc) is 3.31. The number of hydrogen-bond acceptors (Lipinski definition) is 7. The van der Waals surface area contributed by atoms with Crippen molar-refractivity contribution in [3.63, 3.8) is 0 Å². The van der Waals surface area contributed by atoms with E-state index < -0.39 is 10.0 Å². The van der Waals surface area contributed by atoms with Crippen molar-refractivity contribution in [1.29, 1.82) is 0 Å². The summed E-state index contributed by atoms with van der Waals surface area (Å²) in [4.78, 5) is 20.8. The second-order valence-corrected chi connectivity index (χ2v) is 11.5. The first-order valence-corrected chi connectivity index (χ1v) is 14.0. The average molecular weight is 534 g/mol. The smallest absolute Gasteiger partial charge is 0.273 e. The van der Waals surface area contributed by atoms with Crippen LogP contribution >= 0.6 is 34.5 Å². The molecule has 0 saturated carbocycles. The molecular weight excluding hydrogens is 507 g/mol. The third-order valence-corrected chi connectivity index (χ3v) is 9.11. The highest BCUT2D eigenvalue weighted by Crippen LogP contribution is 2.29. The van der Waals surface area contributed by atoms with E-state index in [0.717, 1.165) is 44.0 Å². The molecule has 1 amide bonds. The van der Waals surface area contributed by atoms with Crippen LogP contribution in [0.5, 0.6) is 5.19 Å². The van der Waals surface area contributed by atoms with Crippen molar-refractivity contribution in [1.82, 2.24) is 19.5 Å². The Labute approximate surface area is 207 Å². The standard InChI is InChI=1S/C21H26Cl2N4O4S2/c22-17-2-1-3-18(23)20(17)33(29,30)25-14-19(28)27-9-4-15(5-10-27)26-11-6-16(7-12-26)31-21-24-8-13-32-21/h1-3,8,13,15-16,25H,4-7,9-12,14H2. The maximum atomic E-state index is 12.6. The molecule has 2 aromatic rings. The highest BCUT2D eigenvalue weighted by molar-refractivity contribution is 7.89. The quantitative estimate of drug-likeness (QED) is 0.588. The van der Waals surface area contributed by atoms with Crippen molar-refractivity contribution >= 4 is 50.5 Å². The molecule has 12 heteroatoms. The van der Waals surface area contributed by atoms with Crippen molar-refractivity contribution < 1.29 is 17.9 Å². The van der Waals surface area contributed by atoms with E-state index in [4.69, 9.17) is 27.9 Å². The first-order chi connectivity index (χ1) is 15.8. The van der Waals surface area contributed by atoms with Gasteiger partial charge in [0.15, 0.2) is 0 Å². The van der Waals surface area contributed by atoms with E-state index >= 15 is 0 Å². The molecule has 0 unspecified atom stereocenters. The maximum absolute atomic E-state index is 12.6. The zero-order valence-electron chi connectivity index (χ0n) is 18.0. The van der Waals surface area contributed by atoms with Gasteiger partial charge in [-0.25, -0.2) is 18.1 Å². The summed E-state index contributed by atoms with van der Waals surface area (Å²) in [5.74, 6) is -0.254. The molecule has 1 N–H and O–H groups in total. The first-order valence-electron chi connectivity index (χ1n) is 10.8. The van der Waals surface area contributed by atoms with Gasteiger partial charge in [-0.2, -0.15) is 0 Å². The Bertz CT molecular complexity index is 1030. The summed E-state index contributed by atoms with van der Waals surface area (Å²) in [5.41, 5.74) is 0. The molecule has 0 spiro atoms. The van der Waals surface area contributed by atoms with Crippen molar-refractivity contribution in [2.45, 2.75) is 42.7 Å². The zero-order valence-corrected chi connectivity index (χ0v) is 21.1. The molecular formula is C21H26Cl2N4O4S2. The molecule has 3 heterocycles.